The average molecular weight is 343 g/mol. The van der Waals surface area contributed by atoms with Gasteiger partial charge in [-0.05, 0) is 18.2 Å². The number of fused-ring (bicyclic) bond motifs is 1. The lowest BCUT2D eigenvalue weighted by Gasteiger charge is -2.02. The number of rotatable bonds is 3. The van der Waals surface area contributed by atoms with E-state index in [0.717, 1.165) is 16.6 Å². The lowest BCUT2D eigenvalue weighted by Crippen LogP contribution is -2.12. The highest BCUT2D eigenvalue weighted by Gasteiger charge is 2.11. The van der Waals surface area contributed by atoms with E-state index in [1.165, 1.54) is 6.20 Å². The number of hydrogen-bond acceptors (Lipinski definition) is 5. The number of nitrogens with one attached hydrogen (secondary N) is 2. The number of nitriles is 1. The molecular formula is C18H13N7O. The van der Waals surface area contributed by atoms with Gasteiger partial charge in [-0.1, -0.05) is 0 Å². The Bertz CT molecular complexity index is 1170. The quantitative estimate of drug-likeness (QED) is 0.593. The number of aryl methyl sites for hydroxylation is 1. The fraction of sp³-hybridized carbons (Fsp3) is 0.0556. The largest absolute Gasteiger partial charge is 0.353 e. The number of anilines is 1. The van der Waals surface area contributed by atoms with Crippen LogP contribution in [0.1, 0.15) is 15.9 Å². The van der Waals surface area contributed by atoms with Crippen LogP contribution in [0.2, 0.25) is 0 Å². The third kappa shape index (κ3) is 2.89. The van der Waals surface area contributed by atoms with Crippen LogP contribution in [0.3, 0.4) is 0 Å². The Hall–Kier alpha value is -3.99. The number of aromatic nitrogens is 5. The van der Waals surface area contributed by atoms with Crippen molar-refractivity contribution >= 4 is 22.6 Å². The number of carbonyl (C=O) groups excluding carboxylic acids is 1. The summed E-state index contributed by atoms with van der Waals surface area (Å²) < 4.78 is 1.56. The van der Waals surface area contributed by atoms with Gasteiger partial charge in [0.05, 0.1) is 40.3 Å². The molecule has 126 valence electrons. The van der Waals surface area contributed by atoms with Gasteiger partial charge in [0.1, 0.15) is 5.82 Å². The summed E-state index contributed by atoms with van der Waals surface area (Å²) in [7, 11) is 1.75. The monoisotopic (exact) mass is 343 g/mol. The maximum absolute atomic E-state index is 12.2. The number of hydrogen-bond donors (Lipinski definition) is 2. The second kappa shape index (κ2) is 6.14. The molecule has 8 heteroatoms. The summed E-state index contributed by atoms with van der Waals surface area (Å²) in [4.78, 5) is 24.0. The van der Waals surface area contributed by atoms with E-state index in [2.05, 4.69) is 31.4 Å². The van der Waals surface area contributed by atoms with E-state index in [4.69, 9.17) is 5.26 Å². The molecule has 2 N–H and O–H groups in total. The van der Waals surface area contributed by atoms with E-state index in [-0.39, 0.29) is 5.91 Å². The summed E-state index contributed by atoms with van der Waals surface area (Å²) in [5.41, 5.74) is 3.24. The first kappa shape index (κ1) is 15.5. The van der Waals surface area contributed by atoms with Crippen LogP contribution in [0.25, 0.3) is 22.3 Å². The zero-order chi connectivity index (χ0) is 18.1. The van der Waals surface area contributed by atoms with E-state index in [9.17, 15) is 4.79 Å². The maximum Gasteiger partial charge on any atom is 0.260 e. The Morgan fingerprint density at radius 3 is 2.92 bits per heavy atom. The number of amides is 1. The highest BCUT2D eigenvalue weighted by Crippen LogP contribution is 2.24. The van der Waals surface area contributed by atoms with Crippen LogP contribution in [0.4, 0.5) is 5.82 Å². The minimum Gasteiger partial charge on any atom is -0.353 e. The first-order valence-corrected chi connectivity index (χ1v) is 7.78. The standard InChI is InChI=1S/C18H13N7O/c1-25-10-13(9-22-25)18(26)24-17-6-14-12(8-21-17)5-16(23-14)15-4-11(7-19)2-3-20-15/h2-6,8-10,23H,1H3,(H,21,24,26). The van der Waals surface area contributed by atoms with Crippen LogP contribution in [-0.2, 0) is 7.05 Å². The van der Waals surface area contributed by atoms with Gasteiger partial charge in [-0.2, -0.15) is 10.4 Å². The Balaban J connectivity index is 1.63. The molecule has 1 amide bonds. The molecule has 0 aliphatic carbocycles. The Morgan fingerprint density at radius 1 is 1.27 bits per heavy atom. The summed E-state index contributed by atoms with van der Waals surface area (Å²) in [5, 5.41) is 16.6. The van der Waals surface area contributed by atoms with Gasteiger partial charge in [-0.15, -0.1) is 0 Å². The van der Waals surface area contributed by atoms with Crippen molar-refractivity contribution in [2.75, 3.05) is 5.32 Å². The van der Waals surface area contributed by atoms with Crippen molar-refractivity contribution < 1.29 is 4.79 Å². The molecular weight excluding hydrogens is 330 g/mol. The Morgan fingerprint density at radius 2 is 2.15 bits per heavy atom. The van der Waals surface area contributed by atoms with Gasteiger partial charge in [0.15, 0.2) is 0 Å². The highest BCUT2D eigenvalue weighted by molar-refractivity contribution is 6.04. The van der Waals surface area contributed by atoms with E-state index in [0.29, 0.717) is 22.6 Å². The number of H-pyrrole nitrogens is 1. The maximum atomic E-state index is 12.2. The summed E-state index contributed by atoms with van der Waals surface area (Å²) in [6, 6.07) is 9.11. The zero-order valence-electron chi connectivity index (χ0n) is 13.8. The lowest BCUT2D eigenvalue weighted by molar-refractivity contribution is 0.102. The van der Waals surface area contributed by atoms with E-state index >= 15 is 0 Å². The van der Waals surface area contributed by atoms with Gasteiger partial charge in [0.25, 0.3) is 5.91 Å². The molecule has 0 aromatic carbocycles. The molecule has 0 atom stereocenters. The van der Waals surface area contributed by atoms with Crippen molar-refractivity contribution in [1.29, 1.82) is 5.26 Å². The molecule has 26 heavy (non-hydrogen) atoms. The molecule has 4 aromatic heterocycles. The molecule has 0 saturated heterocycles. The number of pyridine rings is 2. The van der Waals surface area contributed by atoms with Crippen molar-refractivity contribution in [2.45, 2.75) is 0 Å². The van der Waals surface area contributed by atoms with Gasteiger partial charge < -0.3 is 10.3 Å². The highest BCUT2D eigenvalue weighted by atomic mass is 16.1. The third-order valence-electron chi connectivity index (χ3n) is 3.88. The summed E-state index contributed by atoms with van der Waals surface area (Å²) in [6.45, 7) is 0. The van der Waals surface area contributed by atoms with Crippen LogP contribution in [0.5, 0.6) is 0 Å². The van der Waals surface area contributed by atoms with E-state index < -0.39 is 0 Å². The van der Waals surface area contributed by atoms with Gasteiger partial charge in [-0.25, -0.2) is 4.98 Å². The van der Waals surface area contributed by atoms with Crippen molar-refractivity contribution in [3.05, 3.63) is 60.2 Å². The number of aromatic amines is 1. The van der Waals surface area contributed by atoms with Crippen molar-refractivity contribution in [1.82, 2.24) is 24.7 Å². The minimum atomic E-state index is -0.278. The van der Waals surface area contributed by atoms with Crippen LogP contribution >= 0.6 is 0 Å². The SMILES string of the molecule is Cn1cc(C(=O)Nc2cc3[nH]c(-c4cc(C#N)ccn4)cc3cn2)cn1. The van der Waals surface area contributed by atoms with Gasteiger partial charge in [-0.3, -0.25) is 14.5 Å². The predicted molar refractivity (Wildman–Crippen MR) is 95.2 cm³/mol. The molecule has 0 unspecified atom stereocenters. The fourth-order valence-electron chi connectivity index (χ4n) is 2.61. The molecule has 4 aromatic rings. The molecule has 8 nitrogen and oxygen atoms in total. The van der Waals surface area contributed by atoms with Gasteiger partial charge in [0, 0.05) is 37.1 Å². The zero-order valence-corrected chi connectivity index (χ0v) is 13.8. The Kier molecular flexibility index (Phi) is 3.67. The second-order valence-corrected chi connectivity index (χ2v) is 5.74. The Labute approximate surface area is 148 Å². The molecule has 0 spiro atoms. The molecule has 0 aliphatic rings. The molecule has 4 rings (SSSR count). The normalized spacial score (nSPS) is 10.6. The number of carbonyl (C=O) groups is 1. The predicted octanol–water partition coefficient (Wildman–Crippen LogP) is 2.48. The van der Waals surface area contributed by atoms with Gasteiger partial charge in [0.2, 0.25) is 0 Å². The van der Waals surface area contributed by atoms with Crippen molar-refractivity contribution in [2.24, 2.45) is 7.05 Å². The van der Waals surface area contributed by atoms with Crippen LogP contribution in [0.15, 0.2) is 49.1 Å². The van der Waals surface area contributed by atoms with Crippen LogP contribution in [0, 0.1) is 11.3 Å². The smallest absolute Gasteiger partial charge is 0.260 e. The van der Waals surface area contributed by atoms with E-state index in [1.54, 1.807) is 48.5 Å². The molecule has 0 fully saturated rings. The molecule has 0 aliphatic heterocycles. The minimum absolute atomic E-state index is 0.278. The molecule has 0 bridgehead atoms. The topological polar surface area (TPSA) is 112 Å². The van der Waals surface area contributed by atoms with Gasteiger partial charge >= 0.3 is 0 Å². The molecule has 0 saturated carbocycles. The fourth-order valence-corrected chi connectivity index (χ4v) is 2.61. The van der Waals surface area contributed by atoms with Crippen LogP contribution < -0.4 is 5.32 Å². The summed E-state index contributed by atoms with van der Waals surface area (Å²) in [6.07, 6.45) is 6.39. The molecule has 4 heterocycles. The number of nitrogens with zero attached hydrogens (tertiary/aromatic N) is 5. The van der Waals surface area contributed by atoms with Crippen molar-refractivity contribution in [3.8, 4) is 17.5 Å². The second-order valence-electron chi connectivity index (χ2n) is 5.74. The first-order valence-electron chi connectivity index (χ1n) is 7.78. The molecule has 0 radical (unpaired) electrons. The summed E-state index contributed by atoms with van der Waals surface area (Å²) >= 11 is 0. The van der Waals surface area contributed by atoms with E-state index in [1.807, 2.05) is 6.07 Å². The average Bonchev–Trinajstić information content (AvgIpc) is 3.27. The first-order chi connectivity index (χ1) is 12.6. The van der Waals surface area contributed by atoms with Crippen molar-refractivity contribution in [3.63, 3.8) is 0 Å². The third-order valence-corrected chi connectivity index (χ3v) is 3.88. The lowest BCUT2D eigenvalue weighted by atomic mass is 10.2. The summed E-state index contributed by atoms with van der Waals surface area (Å²) in [5.74, 6) is 0.151. The van der Waals surface area contributed by atoms with Crippen LogP contribution in [-0.4, -0.2) is 30.6 Å².